The van der Waals surface area contributed by atoms with Gasteiger partial charge >= 0.3 is 0 Å². The van der Waals surface area contributed by atoms with E-state index in [0.717, 1.165) is 35.2 Å². The van der Waals surface area contributed by atoms with Gasteiger partial charge in [-0.3, -0.25) is 4.79 Å². The molecule has 1 fully saturated rings. The molecule has 4 nitrogen and oxygen atoms in total. The maximum atomic E-state index is 12.0. The molecule has 1 amide bonds. The fraction of sp³-hybridized carbons (Fsp3) is 0.182. The minimum absolute atomic E-state index is 0.127. The largest absolute Gasteiger partial charge is 0.494 e. The number of thiocarbonyl (C=S) groups is 1. The number of fused-ring (bicyclic) bond motifs is 1. The van der Waals surface area contributed by atoms with Gasteiger partial charge in [-0.05, 0) is 37.6 Å². The number of hydrogen-bond donors (Lipinski definition) is 1. The van der Waals surface area contributed by atoms with E-state index < -0.39 is 0 Å². The number of carbonyl (C=O) groups excluding carboxylic acids is 1. The van der Waals surface area contributed by atoms with Crippen molar-refractivity contribution in [3.8, 4) is 5.75 Å². The first-order chi connectivity index (χ1) is 13.6. The SMILES string of the molecule is Cc1ccc(OCCCn2cc(/C=C3/SC(=S)NC3=O)c3ccccc32)cc1. The third-order valence-electron chi connectivity index (χ3n) is 4.58. The van der Waals surface area contributed by atoms with Crippen LogP contribution in [-0.2, 0) is 11.3 Å². The summed E-state index contributed by atoms with van der Waals surface area (Å²) in [5, 5.41) is 3.79. The van der Waals surface area contributed by atoms with Gasteiger partial charge in [-0.15, -0.1) is 0 Å². The fourth-order valence-electron chi connectivity index (χ4n) is 3.20. The number of hydrogen-bond acceptors (Lipinski definition) is 4. The summed E-state index contributed by atoms with van der Waals surface area (Å²) in [4.78, 5) is 12.6. The van der Waals surface area contributed by atoms with Crippen molar-refractivity contribution in [2.24, 2.45) is 0 Å². The Bertz CT molecular complexity index is 1070. The van der Waals surface area contributed by atoms with Crippen LogP contribution in [0.25, 0.3) is 17.0 Å². The standard InChI is InChI=1S/C22H20N2O2S2/c1-15-7-9-17(10-8-15)26-12-4-11-24-14-16(18-5-2-3-6-19(18)24)13-20-21(25)23-22(27)28-20/h2-3,5-10,13-14H,4,11-12H2,1H3,(H,23,25,27)/b20-13+. The molecule has 4 rings (SSSR count). The highest BCUT2D eigenvalue weighted by molar-refractivity contribution is 8.26. The molecule has 0 radical (unpaired) electrons. The number of para-hydroxylation sites is 1. The van der Waals surface area contributed by atoms with Crippen LogP contribution in [0.1, 0.15) is 17.5 Å². The lowest BCUT2D eigenvalue weighted by molar-refractivity contribution is -0.115. The Morgan fingerprint density at radius 1 is 1.18 bits per heavy atom. The molecule has 0 spiro atoms. The van der Waals surface area contributed by atoms with Crippen molar-refractivity contribution in [1.29, 1.82) is 0 Å². The van der Waals surface area contributed by atoms with Crippen LogP contribution in [0.15, 0.2) is 59.6 Å². The molecule has 0 unspecified atom stereocenters. The van der Waals surface area contributed by atoms with Crippen LogP contribution >= 0.6 is 24.0 Å². The van der Waals surface area contributed by atoms with Crippen LogP contribution in [0.2, 0.25) is 0 Å². The number of thioether (sulfide) groups is 1. The Hall–Kier alpha value is -2.57. The molecule has 0 bridgehead atoms. The van der Waals surface area contributed by atoms with E-state index in [1.807, 2.05) is 30.3 Å². The second-order valence-corrected chi connectivity index (χ2v) is 8.38. The molecule has 1 aromatic heterocycles. The van der Waals surface area contributed by atoms with Crippen molar-refractivity contribution in [1.82, 2.24) is 9.88 Å². The van der Waals surface area contributed by atoms with Crippen LogP contribution in [0, 0.1) is 6.92 Å². The van der Waals surface area contributed by atoms with Crippen LogP contribution in [0.4, 0.5) is 0 Å². The van der Waals surface area contributed by atoms with E-state index in [4.69, 9.17) is 17.0 Å². The van der Waals surface area contributed by atoms with E-state index in [2.05, 4.69) is 47.3 Å². The highest BCUT2D eigenvalue weighted by Crippen LogP contribution is 2.30. The highest BCUT2D eigenvalue weighted by Gasteiger charge is 2.22. The molecule has 28 heavy (non-hydrogen) atoms. The molecule has 0 aliphatic carbocycles. The van der Waals surface area contributed by atoms with Crippen molar-refractivity contribution >= 4 is 51.2 Å². The number of benzene rings is 2. The third kappa shape index (κ3) is 4.13. The predicted molar refractivity (Wildman–Crippen MR) is 120 cm³/mol. The molecule has 1 aliphatic heterocycles. The molecule has 1 N–H and O–H groups in total. The van der Waals surface area contributed by atoms with Gasteiger partial charge in [0, 0.05) is 29.2 Å². The predicted octanol–water partition coefficient (Wildman–Crippen LogP) is 4.91. The maximum absolute atomic E-state index is 12.0. The van der Waals surface area contributed by atoms with E-state index >= 15 is 0 Å². The lowest BCUT2D eigenvalue weighted by Crippen LogP contribution is -2.17. The van der Waals surface area contributed by atoms with Gasteiger partial charge in [0.2, 0.25) is 0 Å². The molecule has 6 heteroatoms. The number of rotatable bonds is 6. The van der Waals surface area contributed by atoms with Gasteiger partial charge in [-0.1, -0.05) is 59.9 Å². The Balaban J connectivity index is 1.48. The maximum Gasteiger partial charge on any atom is 0.263 e. The van der Waals surface area contributed by atoms with Crippen LogP contribution in [0.5, 0.6) is 5.75 Å². The summed E-state index contributed by atoms with van der Waals surface area (Å²) in [7, 11) is 0. The molecule has 2 heterocycles. The number of nitrogens with one attached hydrogen (secondary N) is 1. The lowest BCUT2D eigenvalue weighted by atomic mass is 10.1. The molecule has 2 aromatic carbocycles. The zero-order chi connectivity index (χ0) is 19.5. The van der Waals surface area contributed by atoms with E-state index in [1.165, 1.54) is 17.3 Å². The van der Waals surface area contributed by atoms with Crippen LogP contribution in [0.3, 0.4) is 0 Å². The summed E-state index contributed by atoms with van der Waals surface area (Å²) in [6, 6.07) is 16.3. The minimum Gasteiger partial charge on any atom is -0.494 e. The Morgan fingerprint density at radius 3 is 2.71 bits per heavy atom. The number of aromatic nitrogens is 1. The van der Waals surface area contributed by atoms with Crippen molar-refractivity contribution in [3.63, 3.8) is 0 Å². The highest BCUT2D eigenvalue weighted by atomic mass is 32.2. The van der Waals surface area contributed by atoms with Gasteiger partial charge in [0.1, 0.15) is 10.1 Å². The van der Waals surface area contributed by atoms with Crippen molar-refractivity contribution in [3.05, 3.63) is 70.8 Å². The molecule has 3 aromatic rings. The van der Waals surface area contributed by atoms with Gasteiger partial charge < -0.3 is 14.6 Å². The first kappa shape index (κ1) is 18.8. The summed E-state index contributed by atoms with van der Waals surface area (Å²) < 4.78 is 8.57. The quantitative estimate of drug-likeness (QED) is 0.358. The average Bonchev–Trinajstić information content (AvgIpc) is 3.20. The molecule has 142 valence electrons. The summed E-state index contributed by atoms with van der Waals surface area (Å²) in [6.45, 7) is 3.56. The zero-order valence-electron chi connectivity index (χ0n) is 15.5. The van der Waals surface area contributed by atoms with E-state index in [-0.39, 0.29) is 5.91 Å². The first-order valence-corrected chi connectivity index (χ1v) is 10.3. The molecule has 1 aliphatic rings. The topological polar surface area (TPSA) is 43.3 Å². The zero-order valence-corrected chi connectivity index (χ0v) is 17.1. The average molecular weight is 409 g/mol. The normalized spacial score (nSPS) is 15.4. The number of carbonyl (C=O) groups is 1. The van der Waals surface area contributed by atoms with E-state index in [0.29, 0.717) is 15.8 Å². The first-order valence-electron chi connectivity index (χ1n) is 9.12. The van der Waals surface area contributed by atoms with Gasteiger partial charge in [0.25, 0.3) is 5.91 Å². The van der Waals surface area contributed by atoms with Crippen LogP contribution in [-0.4, -0.2) is 21.4 Å². The third-order valence-corrected chi connectivity index (χ3v) is 5.74. The minimum atomic E-state index is -0.127. The Kier molecular flexibility index (Phi) is 5.50. The Labute approximate surface area is 173 Å². The molecular weight excluding hydrogens is 388 g/mol. The van der Waals surface area contributed by atoms with Crippen molar-refractivity contribution in [2.45, 2.75) is 19.9 Å². The van der Waals surface area contributed by atoms with Gasteiger partial charge in [-0.25, -0.2) is 0 Å². The second kappa shape index (κ2) is 8.20. The number of ether oxygens (including phenoxy) is 1. The Morgan fingerprint density at radius 2 is 1.96 bits per heavy atom. The van der Waals surface area contributed by atoms with Gasteiger partial charge in [-0.2, -0.15) is 0 Å². The smallest absolute Gasteiger partial charge is 0.263 e. The molecule has 0 saturated carbocycles. The molecule has 0 atom stereocenters. The van der Waals surface area contributed by atoms with Crippen molar-refractivity contribution in [2.75, 3.05) is 6.61 Å². The van der Waals surface area contributed by atoms with Gasteiger partial charge in [0.15, 0.2) is 0 Å². The number of aryl methyl sites for hydroxylation is 2. The summed E-state index contributed by atoms with van der Waals surface area (Å²) >= 11 is 6.39. The number of amides is 1. The van der Waals surface area contributed by atoms with E-state index in [1.54, 1.807) is 0 Å². The monoisotopic (exact) mass is 408 g/mol. The summed E-state index contributed by atoms with van der Waals surface area (Å²) in [5.41, 5.74) is 3.40. The van der Waals surface area contributed by atoms with Crippen molar-refractivity contribution < 1.29 is 9.53 Å². The van der Waals surface area contributed by atoms with Crippen LogP contribution < -0.4 is 10.1 Å². The van der Waals surface area contributed by atoms with E-state index in [9.17, 15) is 4.79 Å². The van der Waals surface area contributed by atoms with Gasteiger partial charge in [0.05, 0.1) is 11.5 Å². The number of nitrogens with zero attached hydrogens (tertiary/aromatic N) is 1. The summed E-state index contributed by atoms with van der Waals surface area (Å²) in [6.07, 6.45) is 4.90. The molecule has 1 saturated heterocycles. The molecular formula is C22H20N2O2S2. The lowest BCUT2D eigenvalue weighted by Gasteiger charge is -2.08. The fourth-order valence-corrected chi connectivity index (χ4v) is 4.23. The summed E-state index contributed by atoms with van der Waals surface area (Å²) in [5.74, 6) is 0.770. The second-order valence-electron chi connectivity index (χ2n) is 6.66.